The molecule has 1 aromatic carbocycles. The van der Waals surface area contributed by atoms with Crippen LogP contribution in [0.15, 0.2) is 22.7 Å². The van der Waals surface area contributed by atoms with E-state index >= 15 is 0 Å². The maximum Gasteiger partial charge on any atom is 0.255 e. The van der Waals surface area contributed by atoms with Gasteiger partial charge in [-0.3, -0.25) is 4.79 Å². The molecule has 1 atom stereocenters. The largest absolute Gasteiger partial charge is 0.507 e. The Balaban J connectivity index is 2.67. The lowest BCUT2D eigenvalue weighted by Gasteiger charge is -2.15. The van der Waals surface area contributed by atoms with E-state index in [2.05, 4.69) is 21.2 Å². The van der Waals surface area contributed by atoms with E-state index in [1.807, 2.05) is 13.8 Å². The highest BCUT2D eigenvalue weighted by atomic mass is 79.9. The van der Waals surface area contributed by atoms with Gasteiger partial charge in [0, 0.05) is 11.0 Å². The predicted molar refractivity (Wildman–Crippen MR) is 69.0 cm³/mol. The number of halogens is 1. The molecule has 1 aromatic rings. The normalized spacial score (nSPS) is 12.5. The summed E-state index contributed by atoms with van der Waals surface area (Å²) < 4.78 is 0.713. The third-order valence-corrected chi connectivity index (χ3v) is 2.94. The highest BCUT2D eigenvalue weighted by Crippen LogP contribution is 2.21. The summed E-state index contributed by atoms with van der Waals surface area (Å²) in [5.41, 5.74) is 0.190. The van der Waals surface area contributed by atoms with Crippen molar-refractivity contribution in [1.29, 1.82) is 0 Å². The molecule has 0 saturated carbocycles. The smallest absolute Gasteiger partial charge is 0.255 e. The van der Waals surface area contributed by atoms with Crippen LogP contribution >= 0.6 is 15.9 Å². The van der Waals surface area contributed by atoms with Crippen molar-refractivity contribution in [3.05, 3.63) is 28.2 Å². The number of carbonyl (C=O) groups is 1. The van der Waals surface area contributed by atoms with E-state index in [0.29, 0.717) is 4.47 Å². The molecular formula is C12H16BrNO3. The molecule has 17 heavy (non-hydrogen) atoms. The Labute approximate surface area is 109 Å². The maximum absolute atomic E-state index is 11.7. The van der Waals surface area contributed by atoms with Crippen molar-refractivity contribution in [1.82, 2.24) is 5.32 Å². The van der Waals surface area contributed by atoms with Crippen molar-refractivity contribution in [3.63, 3.8) is 0 Å². The Morgan fingerprint density at radius 3 is 2.71 bits per heavy atom. The van der Waals surface area contributed by atoms with Gasteiger partial charge in [-0.2, -0.15) is 0 Å². The number of rotatable bonds is 4. The minimum atomic E-state index is -0.590. The number of aliphatic hydroxyl groups is 1. The Hall–Kier alpha value is -1.07. The van der Waals surface area contributed by atoms with Crippen molar-refractivity contribution in [2.24, 2.45) is 5.92 Å². The molecule has 5 heteroatoms. The molecule has 0 bridgehead atoms. The number of amides is 1. The predicted octanol–water partition coefficient (Wildman–Crippen LogP) is 1.90. The molecule has 0 heterocycles. The van der Waals surface area contributed by atoms with Gasteiger partial charge in [-0.25, -0.2) is 0 Å². The summed E-state index contributed by atoms with van der Waals surface area (Å²) in [5.74, 6) is -0.403. The molecule has 0 aliphatic carbocycles. The molecule has 1 unspecified atom stereocenters. The second-order valence-electron chi connectivity index (χ2n) is 4.18. The molecule has 0 fully saturated rings. The lowest BCUT2D eigenvalue weighted by atomic mass is 10.1. The van der Waals surface area contributed by atoms with Crippen LogP contribution in [0.25, 0.3) is 0 Å². The number of benzene rings is 1. The number of aromatic hydroxyl groups is 1. The molecule has 0 aromatic heterocycles. The molecular weight excluding hydrogens is 286 g/mol. The number of phenolic OH excluding ortho intramolecular Hbond substituents is 1. The quantitative estimate of drug-likeness (QED) is 0.795. The van der Waals surface area contributed by atoms with E-state index in [-0.39, 0.29) is 23.8 Å². The van der Waals surface area contributed by atoms with Crippen LogP contribution in [0.2, 0.25) is 0 Å². The summed E-state index contributed by atoms with van der Waals surface area (Å²) in [6.45, 7) is 3.91. The molecule has 0 aliphatic heterocycles. The van der Waals surface area contributed by atoms with E-state index in [0.717, 1.165) is 0 Å². The molecule has 0 spiro atoms. The molecule has 94 valence electrons. The van der Waals surface area contributed by atoms with E-state index in [9.17, 15) is 15.0 Å². The molecule has 4 nitrogen and oxygen atoms in total. The Kier molecular flexibility index (Phi) is 4.96. The number of nitrogens with one attached hydrogen (secondary N) is 1. The first-order valence-corrected chi connectivity index (χ1v) is 6.16. The summed E-state index contributed by atoms with van der Waals surface area (Å²) in [5, 5.41) is 21.7. The molecule has 3 N–H and O–H groups in total. The molecule has 1 amide bonds. The average molecular weight is 302 g/mol. The molecule has 0 saturated heterocycles. The van der Waals surface area contributed by atoms with Gasteiger partial charge in [0.2, 0.25) is 0 Å². The minimum Gasteiger partial charge on any atom is -0.507 e. The van der Waals surface area contributed by atoms with Crippen molar-refractivity contribution in [2.45, 2.75) is 20.0 Å². The fourth-order valence-electron chi connectivity index (χ4n) is 1.22. The lowest BCUT2D eigenvalue weighted by molar-refractivity contribution is 0.0869. The zero-order valence-corrected chi connectivity index (χ0v) is 11.4. The maximum atomic E-state index is 11.7. The lowest BCUT2D eigenvalue weighted by Crippen LogP contribution is -2.34. The van der Waals surface area contributed by atoms with E-state index in [1.165, 1.54) is 12.1 Å². The van der Waals surface area contributed by atoms with Gasteiger partial charge < -0.3 is 15.5 Å². The van der Waals surface area contributed by atoms with Crippen LogP contribution in [0.4, 0.5) is 0 Å². The number of carbonyl (C=O) groups excluding carboxylic acids is 1. The van der Waals surface area contributed by atoms with Gasteiger partial charge in [0.25, 0.3) is 5.91 Å². The summed E-state index contributed by atoms with van der Waals surface area (Å²) >= 11 is 3.23. The first-order valence-electron chi connectivity index (χ1n) is 5.36. The SMILES string of the molecule is CC(C)C(O)CNC(=O)c1cc(Br)ccc1O. The van der Waals surface area contributed by atoms with Crippen LogP contribution in [0.1, 0.15) is 24.2 Å². The standard InChI is InChI=1S/C12H16BrNO3/c1-7(2)11(16)6-14-12(17)9-5-8(13)3-4-10(9)15/h3-5,7,11,15-16H,6H2,1-2H3,(H,14,17). The first kappa shape index (κ1) is 14.0. The van der Waals surface area contributed by atoms with Gasteiger partial charge >= 0.3 is 0 Å². The van der Waals surface area contributed by atoms with Crippen molar-refractivity contribution in [2.75, 3.05) is 6.54 Å². The van der Waals surface area contributed by atoms with Crippen LogP contribution in [-0.4, -0.2) is 28.8 Å². The number of aliphatic hydroxyl groups excluding tert-OH is 1. The van der Waals surface area contributed by atoms with Gasteiger partial charge in [-0.15, -0.1) is 0 Å². The zero-order valence-electron chi connectivity index (χ0n) is 9.77. The second kappa shape index (κ2) is 6.02. The minimum absolute atomic E-state index is 0.0754. The Bertz CT molecular complexity index is 407. The van der Waals surface area contributed by atoms with Crippen LogP contribution in [0.3, 0.4) is 0 Å². The zero-order chi connectivity index (χ0) is 13.0. The average Bonchev–Trinajstić information content (AvgIpc) is 2.28. The topological polar surface area (TPSA) is 69.6 Å². The van der Waals surface area contributed by atoms with Gasteiger partial charge in [-0.05, 0) is 24.1 Å². The van der Waals surface area contributed by atoms with Crippen molar-refractivity contribution < 1.29 is 15.0 Å². The second-order valence-corrected chi connectivity index (χ2v) is 5.10. The summed E-state index contributed by atoms with van der Waals surface area (Å²) in [6, 6.07) is 4.62. The van der Waals surface area contributed by atoms with Crippen molar-refractivity contribution >= 4 is 21.8 Å². The van der Waals surface area contributed by atoms with Crippen LogP contribution in [-0.2, 0) is 0 Å². The highest BCUT2D eigenvalue weighted by molar-refractivity contribution is 9.10. The number of hydrogen-bond donors (Lipinski definition) is 3. The Morgan fingerprint density at radius 2 is 2.12 bits per heavy atom. The van der Waals surface area contributed by atoms with Crippen molar-refractivity contribution in [3.8, 4) is 5.75 Å². The van der Waals surface area contributed by atoms with E-state index in [1.54, 1.807) is 6.07 Å². The Morgan fingerprint density at radius 1 is 1.47 bits per heavy atom. The highest BCUT2D eigenvalue weighted by Gasteiger charge is 2.14. The summed E-state index contributed by atoms with van der Waals surface area (Å²) in [7, 11) is 0. The third kappa shape index (κ3) is 4.02. The van der Waals surface area contributed by atoms with Gasteiger partial charge in [0.15, 0.2) is 0 Å². The summed E-state index contributed by atoms with van der Waals surface area (Å²) in [4.78, 5) is 11.7. The summed E-state index contributed by atoms with van der Waals surface area (Å²) in [6.07, 6.45) is -0.590. The van der Waals surface area contributed by atoms with Gasteiger partial charge in [-0.1, -0.05) is 29.8 Å². The first-order chi connectivity index (χ1) is 7.91. The van der Waals surface area contributed by atoms with Gasteiger partial charge in [0.05, 0.1) is 11.7 Å². The fourth-order valence-corrected chi connectivity index (χ4v) is 1.58. The molecule has 0 radical (unpaired) electrons. The molecule has 1 rings (SSSR count). The number of hydrogen-bond acceptors (Lipinski definition) is 3. The van der Waals surface area contributed by atoms with E-state index < -0.39 is 12.0 Å². The number of phenols is 1. The third-order valence-electron chi connectivity index (χ3n) is 2.44. The van der Waals surface area contributed by atoms with Crippen LogP contribution in [0.5, 0.6) is 5.75 Å². The van der Waals surface area contributed by atoms with Crippen LogP contribution < -0.4 is 5.32 Å². The van der Waals surface area contributed by atoms with Crippen LogP contribution in [0, 0.1) is 5.92 Å². The molecule has 0 aliphatic rings. The van der Waals surface area contributed by atoms with Gasteiger partial charge in [0.1, 0.15) is 5.75 Å². The van der Waals surface area contributed by atoms with E-state index in [4.69, 9.17) is 0 Å². The monoisotopic (exact) mass is 301 g/mol. The fraction of sp³-hybridized carbons (Fsp3) is 0.417.